The molecule has 3 aromatic carbocycles. The van der Waals surface area contributed by atoms with Crippen LogP contribution in [0.1, 0.15) is 38.8 Å². The molecule has 0 spiro atoms. The summed E-state index contributed by atoms with van der Waals surface area (Å²) in [5.41, 5.74) is 3.97. The lowest BCUT2D eigenvalue weighted by Crippen LogP contribution is -2.54. The van der Waals surface area contributed by atoms with Gasteiger partial charge in [-0.15, -0.1) is 0 Å². The highest BCUT2D eigenvalue weighted by molar-refractivity contribution is 6.30. The van der Waals surface area contributed by atoms with Gasteiger partial charge in [0, 0.05) is 23.8 Å². The van der Waals surface area contributed by atoms with Crippen LogP contribution in [0.3, 0.4) is 0 Å². The second kappa shape index (κ2) is 8.95. The summed E-state index contributed by atoms with van der Waals surface area (Å²) >= 11 is 6.26. The Morgan fingerprint density at radius 3 is 2.32 bits per heavy atom. The van der Waals surface area contributed by atoms with Crippen molar-refractivity contribution in [3.8, 4) is 0 Å². The molecule has 0 aliphatic carbocycles. The van der Waals surface area contributed by atoms with Crippen LogP contribution in [0, 0.1) is 0 Å². The number of amides is 3. The number of nitrogens with zero attached hydrogens (tertiary/aromatic N) is 2. The number of hydrogen-bond donors (Lipinski definition) is 1. The summed E-state index contributed by atoms with van der Waals surface area (Å²) in [7, 11) is 0. The van der Waals surface area contributed by atoms with Crippen molar-refractivity contribution in [2.75, 3.05) is 11.4 Å². The third-order valence-electron chi connectivity index (χ3n) is 6.44. The molecular formula is C27H24ClN3O3. The second-order valence-corrected chi connectivity index (χ2v) is 9.19. The molecule has 7 heteroatoms. The van der Waals surface area contributed by atoms with Crippen LogP contribution in [-0.4, -0.2) is 41.2 Å². The molecule has 172 valence electrons. The maximum absolute atomic E-state index is 13.2. The number of anilines is 1. The molecule has 2 heterocycles. The van der Waals surface area contributed by atoms with Gasteiger partial charge < -0.3 is 10.2 Å². The minimum absolute atomic E-state index is 0.195. The second-order valence-electron chi connectivity index (χ2n) is 8.75. The predicted molar refractivity (Wildman–Crippen MR) is 131 cm³/mol. The Morgan fingerprint density at radius 2 is 1.65 bits per heavy atom. The normalized spacial score (nSPS) is 17.9. The number of halogens is 1. The Labute approximate surface area is 203 Å². The molecule has 1 N–H and O–H groups in total. The van der Waals surface area contributed by atoms with Crippen molar-refractivity contribution < 1.29 is 14.4 Å². The monoisotopic (exact) mass is 473 g/mol. The lowest BCUT2D eigenvalue weighted by atomic mass is 9.97. The standard InChI is InChI=1S/C27H24ClN3O3/c1-17(31-26(33)22-9-5-6-10-23(22)27(31)34)25(32)29-21-14-19-13-20(28)11-12-24(19)30(16-21)15-18-7-3-2-4-8-18/h2-13,17,21H,14-16H2,1H3,(H,29,32). The van der Waals surface area contributed by atoms with Crippen molar-refractivity contribution in [1.82, 2.24) is 10.2 Å². The quantitative estimate of drug-likeness (QED) is 0.567. The number of carbonyl (C=O) groups is 3. The molecule has 3 amide bonds. The van der Waals surface area contributed by atoms with Crippen LogP contribution in [0.5, 0.6) is 0 Å². The van der Waals surface area contributed by atoms with Crippen molar-refractivity contribution in [3.05, 3.63) is 100 Å². The zero-order chi connectivity index (χ0) is 23.8. The van der Waals surface area contributed by atoms with Gasteiger partial charge in [0.25, 0.3) is 11.8 Å². The van der Waals surface area contributed by atoms with E-state index in [1.807, 2.05) is 36.4 Å². The molecule has 0 aromatic heterocycles. The highest BCUT2D eigenvalue weighted by Gasteiger charge is 2.41. The average Bonchev–Trinajstić information content (AvgIpc) is 3.09. The predicted octanol–water partition coefficient (Wildman–Crippen LogP) is 4.07. The average molecular weight is 474 g/mol. The molecule has 2 atom stereocenters. The summed E-state index contributed by atoms with van der Waals surface area (Å²) in [5, 5.41) is 3.71. The first-order valence-corrected chi connectivity index (χ1v) is 11.6. The first-order chi connectivity index (χ1) is 16.4. The molecule has 6 nitrogen and oxygen atoms in total. The van der Waals surface area contributed by atoms with Crippen molar-refractivity contribution >= 4 is 35.0 Å². The van der Waals surface area contributed by atoms with Crippen LogP contribution < -0.4 is 10.2 Å². The summed E-state index contributed by atoms with van der Waals surface area (Å²) in [5.74, 6) is -1.23. The van der Waals surface area contributed by atoms with Gasteiger partial charge in [-0.25, -0.2) is 0 Å². The van der Waals surface area contributed by atoms with E-state index in [2.05, 4.69) is 22.3 Å². The molecule has 5 rings (SSSR count). The molecule has 0 bridgehead atoms. The molecule has 0 saturated heterocycles. The molecular weight excluding hydrogens is 450 g/mol. The lowest BCUT2D eigenvalue weighted by Gasteiger charge is -2.37. The summed E-state index contributed by atoms with van der Waals surface area (Å²) in [4.78, 5) is 42.1. The van der Waals surface area contributed by atoms with Crippen molar-refractivity contribution in [3.63, 3.8) is 0 Å². The van der Waals surface area contributed by atoms with Gasteiger partial charge in [-0.05, 0) is 54.8 Å². The van der Waals surface area contributed by atoms with Crippen LogP contribution in [0.2, 0.25) is 5.02 Å². The fourth-order valence-electron chi connectivity index (χ4n) is 4.77. The molecule has 2 aliphatic rings. The third kappa shape index (κ3) is 4.05. The smallest absolute Gasteiger partial charge is 0.262 e. The number of rotatable bonds is 5. The number of benzene rings is 3. The Kier molecular flexibility index (Phi) is 5.84. The van der Waals surface area contributed by atoms with E-state index in [0.717, 1.165) is 21.7 Å². The van der Waals surface area contributed by atoms with E-state index < -0.39 is 17.9 Å². The Balaban J connectivity index is 1.34. The molecule has 0 radical (unpaired) electrons. The molecule has 2 aliphatic heterocycles. The van der Waals surface area contributed by atoms with Crippen LogP contribution in [-0.2, 0) is 17.8 Å². The van der Waals surface area contributed by atoms with Crippen molar-refractivity contribution in [2.24, 2.45) is 0 Å². The summed E-state index contributed by atoms with van der Waals surface area (Å²) in [6.45, 7) is 2.88. The Bertz CT molecular complexity index is 1240. The third-order valence-corrected chi connectivity index (χ3v) is 6.68. The molecule has 2 unspecified atom stereocenters. The van der Waals surface area contributed by atoms with Gasteiger partial charge in [0.2, 0.25) is 5.91 Å². The van der Waals surface area contributed by atoms with Crippen molar-refractivity contribution in [2.45, 2.75) is 32.0 Å². The summed E-state index contributed by atoms with van der Waals surface area (Å²) in [6, 6.07) is 21.5. The van der Waals surface area contributed by atoms with Crippen LogP contribution >= 0.6 is 11.6 Å². The van der Waals surface area contributed by atoms with E-state index in [9.17, 15) is 14.4 Å². The molecule has 3 aromatic rings. The van der Waals surface area contributed by atoms with E-state index in [1.165, 1.54) is 0 Å². The maximum atomic E-state index is 13.2. The van der Waals surface area contributed by atoms with Gasteiger partial charge in [-0.2, -0.15) is 0 Å². The van der Waals surface area contributed by atoms with Crippen molar-refractivity contribution in [1.29, 1.82) is 0 Å². The fraction of sp³-hybridized carbons (Fsp3) is 0.222. The minimum atomic E-state index is -0.921. The van der Waals surface area contributed by atoms with Gasteiger partial charge >= 0.3 is 0 Å². The van der Waals surface area contributed by atoms with E-state index in [-0.39, 0.29) is 11.9 Å². The zero-order valence-electron chi connectivity index (χ0n) is 18.7. The zero-order valence-corrected chi connectivity index (χ0v) is 19.5. The topological polar surface area (TPSA) is 69.7 Å². The van der Waals surface area contributed by atoms with E-state index in [4.69, 9.17) is 11.6 Å². The number of fused-ring (bicyclic) bond motifs is 2. The van der Waals surface area contributed by atoms with Gasteiger partial charge in [0.15, 0.2) is 0 Å². The lowest BCUT2D eigenvalue weighted by molar-refractivity contribution is -0.125. The van der Waals surface area contributed by atoms with Crippen LogP contribution in [0.25, 0.3) is 0 Å². The Hall–Kier alpha value is -3.64. The number of hydrogen-bond acceptors (Lipinski definition) is 4. The molecule has 0 fully saturated rings. The van der Waals surface area contributed by atoms with Crippen LogP contribution in [0.15, 0.2) is 72.8 Å². The van der Waals surface area contributed by atoms with E-state index >= 15 is 0 Å². The molecule has 0 saturated carbocycles. The maximum Gasteiger partial charge on any atom is 0.262 e. The number of imide groups is 1. The van der Waals surface area contributed by atoms with E-state index in [1.54, 1.807) is 31.2 Å². The highest BCUT2D eigenvalue weighted by Crippen LogP contribution is 2.31. The highest BCUT2D eigenvalue weighted by atomic mass is 35.5. The first kappa shape index (κ1) is 22.2. The summed E-state index contributed by atoms with van der Waals surface area (Å²) in [6.07, 6.45) is 0.613. The van der Waals surface area contributed by atoms with Gasteiger partial charge in [-0.1, -0.05) is 54.1 Å². The number of nitrogens with one attached hydrogen (secondary N) is 1. The minimum Gasteiger partial charge on any atom is -0.365 e. The Morgan fingerprint density at radius 1 is 1.00 bits per heavy atom. The number of carbonyl (C=O) groups excluding carboxylic acids is 3. The molecule has 34 heavy (non-hydrogen) atoms. The fourth-order valence-corrected chi connectivity index (χ4v) is 4.96. The van der Waals surface area contributed by atoms with Gasteiger partial charge in [-0.3, -0.25) is 19.3 Å². The SMILES string of the molecule is CC(C(=O)NC1Cc2cc(Cl)ccc2N(Cc2ccccc2)C1)N1C(=O)c2ccccc2C1=O. The van der Waals surface area contributed by atoms with Crippen LogP contribution in [0.4, 0.5) is 5.69 Å². The van der Waals surface area contributed by atoms with E-state index in [0.29, 0.717) is 35.7 Å². The summed E-state index contributed by atoms with van der Waals surface area (Å²) < 4.78 is 0. The van der Waals surface area contributed by atoms with Gasteiger partial charge in [0.1, 0.15) is 6.04 Å². The largest absolute Gasteiger partial charge is 0.365 e. The first-order valence-electron chi connectivity index (χ1n) is 11.3. The van der Waals surface area contributed by atoms with Gasteiger partial charge in [0.05, 0.1) is 17.2 Å².